The van der Waals surface area contributed by atoms with Gasteiger partial charge in [0.05, 0.1) is 10.2 Å². The second-order valence-electron chi connectivity index (χ2n) is 6.15. The number of nitrogens with zero attached hydrogens (tertiary/aromatic N) is 3. The summed E-state index contributed by atoms with van der Waals surface area (Å²) in [5.41, 5.74) is 1.99. The molecule has 0 saturated carbocycles. The zero-order valence-corrected chi connectivity index (χ0v) is 18.5. The molecule has 1 aromatic carbocycles. The highest BCUT2D eigenvalue weighted by molar-refractivity contribution is 8.76. The number of thioether (sulfide) groups is 1. The van der Waals surface area contributed by atoms with Crippen molar-refractivity contribution in [1.29, 1.82) is 0 Å². The Morgan fingerprint density at radius 3 is 3.03 bits per heavy atom. The van der Waals surface area contributed by atoms with Gasteiger partial charge in [-0.3, -0.25) is 4.99 Å². The predicted octanol–water partition coefficient (Wildman–Crippen LogP) is 4.88. The minimum Gasteiger partial charge on any atom is -0.480 e. The van der Waals surface area contributed by atoms with E-state index in [-0.39, 0.29) is 0 Å². The molecular weight excluding hydrogens is 445 g/mol. The van der Waals surface area contributed by atoms with E-state index in [9.17, 15) is 4.79 Å². The Morgan fingerprint density at radius 1 is 1.31 bits per heavy atom. The Hall–Kier alpha value is -1.75. The van der Waals surface area contributed by atoms with Gasteiger partial charge in [-0.05, 0) is 47.5 Å². The highest BCUT2D eigenvalue weighted by atomic mass is 33.1. The number of benzene rings is 1. The number of hydrogen-bond acceptors (Lipinski definition) is 9. The van der Waals surface area contributed by atoms with Crippen molar-refractivity contribution in [2.75, 3.05) is 23.4 Å². The number of pyridine rings is 1. The van der Waals surface area contributed by atoms with Crippen LogP contribution in [0.25, 0.3) is 10.2 Å². The van der Waals surface area contributed by atoms with Gasteiger partial charge in [-0.15, -0.1) is 23.1 Å². The molecule has 2 N–H and O–H groups in total. The van der Waals surface area contributed by atoms with Gasteiger partial charge in [0.2, 0.25) is 0 Å². The summed E-state index contributed by atoms with van der Waals surface area (Å²) in [7, 11) is 3.52. The molecule has 0 radical (unpaired) electrons. The topological polar surface area (TPSA) is 87.5 Å². The zero-order chi connectivity index (χ0) is 20.1. The van der Waals surface area contributed by atoms with Crippen molar-refractivity contribution in [2.45, 2.75) is 17.5 Å². The third-order valence-electron chi connectivity index (χ3n) is 4.02. The van der Waals surface area contributed by atoms with Crippen LogP contribution < -0.4 is 5.32 Å². The van der Waals surface area contributed by atoms with Crippen LogP contribution in [0.4, 0.5) is 5.69 Å². The summed E-state index contributed by atoms with van der Waals surface area (Å²) in [6.07, 6.45) is 2.87. The van der Waals surface area contributed by atoms with Gasteiger partial charge in [0.15, 0.2) is 6.04 Å². The Morgan fingerprint density at radius 2 is 2.24 bits per heavy atom. The second-order valence-corrected chi connectivity index (χ2v) is 10.6. The van der Waals surface area contributed by atoms with Crippen molar-refractivity contribution < 1.29 is 9.90 Å². The molecule has 3 heterocycles. The van der Waals surface area contributed by atoms with Crippen molar-refractivity contribution in [2.24, 2.45) is 4.99 Å². The standard InChI is InChI=1S/C19H18N4O2S4/c24-19(25)14-11-26-17(23-14)18-22-13-6-5-12(10-15(13)28-18)20-8-3-9-27-29-16-4-1-2-7-21-16/h1-2,4-7,10,14,20H,3,8-9,11H2,(H,24,25). The molecule has 0 amide bonds. The first-order chi connectivity index (χ1) is 14.2. The first kappa shape index (κ1) is 20.5. The van der Waals surface area contributed by atoms with Gasteiger partial charge in [0, 0.05) is 29.9 Å². The Labute approximate surface area is 184 Å². The lowest BCUT2D eigenvalue weighted by atomic mass is 10.3. The number of aliphatic imine (C=N–C) groups is 1. The molecular formula is C19H18N4O2S4. The molecule has 10 heteroatoms. The maximum Gasteiger partial charge on any atom is 0.329 e. The van der Waals surface area contributed by atoms with E-state index in [1.54, 1.807) is 22.1 Å². The summed E-state index contributed by atoms with van der Waals surface area (Å²) in [6, 6.07) is 11.4. The van der Waals surface area contributed by atoms with Crippen LogP contribution in [-0.2, 0) is 4.79 Å². The molecule has 6 nitrogen and oxygen atoms in total. The van der Waals surface area contributed by atoms with E-state index in [0.29, 0.717) is 5.75 Å². The predicted molar refractivity (Wildman–Crippen MR) is 126 cm³/mol. The van der Waals surface area contributed by atoms with Crippen LogP contribution >= 0.6 is 44.7 Å². The smallest absolute Gasteiger partial charge is 0.329 e. The first-order valence-corrected chi connectivity index (χ1v) is 13.1. The molecule has 1 atom stereocenters. The SMILES string of the molecule is O=C(O)C1CSC(c2nc3ccc(NCCCSSc4ccccn4)cc3s2)=N1. The largest absolute Gasteiger partial charge is 0.480 e. The number of anilines is 1. The first-order valence-electron chi connectivity index (χ1n) is 8.98. The van der Waals surface area contributed by atoms with Crippen LogP contribution in [0.15, 0.2) is 52.6 Å². The number of aliphatic carboxylic acids is 1. The average Bonchev–Trinajstić information content (AvgIpc) is 3.38. The van der Waals surface area contributed by atoms with Gasteiger partial charge in [-0.2, -0.15) is 0 Å². The quantitative estimate of drug-likeness (QED) is 0.344. The van der Waals surface area contributed by atoms with Crippen molar-refractivity contribution >= 4 is 71.6 Å². The van der Waals surface area contributed by atoms with Gasteiger partial charge < -0.3 is 10.4 Å². The van der Waals surface area contributed by atoms with E-state index in [4.69, 9.17) is 5.11 Å². The molecule has 0 bridgehead atoms. The minimum absolute atomic E-state index is 0.476. The van der Waals surface area contributed by atoms with Gasteiger partial charge in [-0.1, -0.05) is 16.9 Å². The molecule has 0 spiro atoms. The van der Waals surface area contributed by atoms with Crippen molar-refractivity contribution in [1.82, 2.24) is 9.97 Å². The molecule has 1 unspecified atom stereocenters. The van der Waals surface area contributed by atoms with Gasteiger partial charge >= 0.3 is 5.97 Å². The number of carboxylic acid groups (broad SMARTS) is 1. The molecule has 2 aromatic heterocycles. The third-order valence-corrected chi connectivity index (χ3v) is 8.58. The highest BCUT2D eigenvalue weighted by Gasteiger charge is 2.26. The number of nitrogens with one attached hydrogen (secondary N) is 1. The normalized spacial score (nSPS) is 16.1. The summed E-state index contributed by atoms with van der Waals surface area (Å²) in [5, 5.41) is 15.1. The number of rotatable bonds is 9. The van der Waals surface area contributed by atoms with Crippen LogP contribution in [0, 0.1) is 0 Å². The summed E-state index contributed by atoms with van der Waals surface area (Å²) < 4.78 is 1.08. The van der Waals surface area contributed by atoms with Crippen LogP contribution in [0.2, 0.25) is 0 Å². The maximum absolute atomic E-state index is 11.1. The second kappa shape index (κ2) is 9.84. The third kappa shape index (κ3) is 5.44. The average molecular weight is 463 g/mol. The summed E-state index contributed by atoms with van der Waals surface area (Å²) in [4.78, 5) is 24.3. The monoisotopic (exact) mass is 462 g/mol. The summed E-state index contributed by atoms with van der Waals surface area (Å²) in [5.74, 6) is 0.643. The maximum atomic E-state index is 11.1. The van der Waals surface area contributed by atoms with Crippen LogP contribution in [0.1, 0.15) is 11.4 Å². The Balaban J connectivity index is 1.28. The van der Waals surface area contributed by atoms with E-state index in [1.807, 2.05) is 47.3 Å². The van der Waals surface area contributed by atoms with Gasteiger partial charge in [0.25, 0.3) is 0 Å². The minimum atomic E-state index is -0.878. The molecule has 0 aliphatic carbocycles. The number of fused-ring (bicyclic) bond motifs is 1. The van der Waals surface area contributed by atoms with Crippen molar-refractivity contribution in [3.63, 3.8) is 0 Å². The molecule has 0 fully saturated rings. The highest BCUT2D eigenvalue weighted by Crippen LogP contribution is 2.32. The number of hydrogen-bond donors (Lipinski definition) is 2. The molecule has 150 valence electrons. The number of aromatic nitrogens is 2. The Bertz CT molecular complexity index is 1030. The lowest BCUT2D eigenvalue weighted by Crippen LogP contribution is -2.17. The Kier molecular flexibility index (Phi) is 6.96. The van der Waals surface area contributed by atoms with E-state index < -0.39 is 12.0 Å². The molecule has 0 saturated heterocycles. The van der Waals surface area contributed by atoms with Crippen molar-refractivity contribution in [3.8, 4) is 0 Å². The fourth-order valence-electron chi connectivity index (χ4n) is 2.61. The molecule has 1 aliphatic rings. The van der Waals surface area contributed by atoms with Crippen LogP contribution in [0.3, 0.4) is 0 Å². The van der Waals surface area contributed by atoms with E-state index in [2.05, 4.69) is 26.3 Å². The van der Waals surface area contributed by atoms with E-state index in [1.165, 1.54) is 11.8 Å². The molecule has 29 heavy (non-hydrogen) atoms. The van der Waals surface area contributed by atoms with Crippen LogP contribution in [-0.4, -0.2) is 50.2 Å². The van der Waals surface area contributed by atoms with E-state index >= 15 is 0 Å². The molecule has 1 aliphatic heterocycles. The van der Waals surface area contributed by atoms with Gasteiger partial charge in [0.1, 0.15) is 15.1 Å². The van der Waals surface area contributed by atoms with Crippen molar-refractivity contribution in [3.05, 3.63) is 47.6 Å². The fraction of sp³-hybridized carbons (Fsp3) is 0.263. The molecule has 4 rings (SSSR count). The van der Waals surface area contributed by atoms with Gasteiger partial charge in [-0.25, -0.2) is 14.8 Å². The lowest BCUT2D eigenvalue weighted by molar-refractivity contribution is -0.137. The number of carbonyl (C=O) groups is 1. The fourth-order valence-corrected chi connectivity index (χ4v) is 6.67. The lowest BCUT2D eigenvalue weighted by Gasteiger charge is -2.06. The number of thiazole rings is 1. The van der Waals surface area contributed by atoms with Crippen LogP contribution in [0.5, 0.6) is 0 Å². The molecule has 3 aromatic rings. The summed E-state index contributed by atoms with van der Waals surface area (Å²) >= 11 is 3.02. The number of carboxylic acids is 1. The zero-order valence-electron chi connectivity index (χ0n) is 15.3. The summed E-state index contributed by atoms with van der Waals surface area (Å²) in [6.45, 7) is 0.899. The van der Waals surface area contributed by atoms with E-state index in [0.717, 1.165) is 49.7 Å².